The van der Waals surface area contributed by atoms with E-state index in [1.165, 1.54) is 0 Å². The van der Waals surface area contributed by atoms with Crippen molar-refractivity contribution in [3.8, 4) is 5.75 Å². The molecule has 0 unspecified atom stereocenters. The molecule has 0 aliphatic rings. The first-order valence-corrected chi connectivity index (χ1v) is 3.14. The van der Waals surface area contributed by atoms with Gasteiger partial charge in [-0.25, -0.2) is 0 Å². The van der Waals surface area contributed by atoms with Crippen LogP contribution in [0.1, 0.15) is 0 Å². The molecule has 10 heavy (non-hydrogen) atoms. The molecule has 0 radical (unpaired) electrons. The Morgan fingerprint density at radius 3 is 2.60 bits per heavy atom. The van der Waals surface area contributed by atoms with Gasteiger partial charge in [-0.05, 0) is 23.7 Å². The van der Waals surface area contributed by atoms with E-state index in [0.717, 1.165) is 16.9 Å². The third-order valence-electron chi connectivity index (χ3n) is 1.42. The van der Waals surface area contributed by atoms with Gasteiger partial charge in [-0.15, -0.1) is 0 Å². The van der Waals surface area contributed by atoms with Gasteiger partial charge < -0.3 is 10.4 Å². The summed E-state index contributed by atoms with van der Waals surface area (Å²) in [5.74, 6) is 0.884. The first-order chi connectivity index (χ1) is 4.74. The fourth-order valence-electron chi connectivity index (χ4n) is 0.902. The minimum Gasteiger partial charge on any atom is -0.568 e. The van der Waals surface area contributed by atoms with Crippen LogP contribution in [0.2, 0.25) is 0 Å². The molecule has 4 heteroatoms. The van der Waals surface area contributed by atoms with E-state index in [0.29, 0.717) is 0 Å². The van der Waals surface area contributed by atoms with Crippen LogP contribution in [0.3, 0.4) is 0 Å². The van der Waals surface area contributed by atoms with Gasteiger partial charge in [0.05, 0.1) is 5.75 Å². The number of anilines is 1. The molecule has 0 spiro atoms. The van der Waals surface area contributed by atoms with Gasteiger partial charge in [-0.3, -0.25) is 0 Å². The van der Waals surface area contributed by atoms with Crippen LogP contribution in [0.15, 0.2) is 18.2 Å². The molecule has 2 N–H and O–H groups in total. The third-order valence-corrected chi connectivity index (χ3v) is 1.42. The van der Waals surface area contributed by atoms with E-state index in [2.05, 4.69) is 0 Å². The average molecular weight is 133 g/mol. The molecule has 0 bridgehead atoms. The minimum atomic E-state index is 0.776. The number of hydrogen-bond donors (Lipinski definition) is 1. The van der Waals surface area contributed by atoms with E-state index in [1.807, 2.05) is 26.0 Å². The van der Waals surface area contributed by atoms with Gasteiger partial charge in [-0.1, -0.05) is 0 Å². The Morgan fingerprint density at radius 2 is 2.10 bits per heavy atom. The zero-order valence-electron chi connectivity index (χ0n) is 6.22. The third kappa shape index (κ3) is 1.26. The molecule has 0 aromatic heterocycles. The summed E-state index contributed by atoms with van der Waals surface area (Å²) in [6.07, 6.45) is 0. The Labute approximate surface area is 62.2 Å². The lowest BCUT2D eigenvalue weighted by molar-refractivity contribution is 0.621. The fraction of sp³-hybridized carbons (Fsp3) is 0. The molecule has 0 aliphatic heterocycles. The van der Waals surface area contributed by atoms with Gasteiger partial charge in [0.15, 0.2) is 0 Å². The molecule has 50 valence electrons. The quantitative estimate of drug-likeness (QED) is 0.371. The topological polar surface area (TPSA) is 35.2 Å². The Kier molecular flexibility index (Phi) is 1.90. The fourth-order valence-corrected chi connectivity index (χ4v) is 0.902. The standard InChI is InChI=1S/C6H9B2NO/c7-5-3-4(9)1-2-6(5)10-8/h1-3H,7-9H2. The summed E-state index contributed by atoms with van der Waals surface area (Å²) in [5, 5.41) is 0. The molecular weight excluding hydrogens is 124 g/mol. The predicted octanol–water partition coefficient (Wildman–Crippen LogP) is -1.55. The van der Waals surface area contributed by atoms with Crippen molar-refractivity contribution in [3.63, 3.8) is 0 Å². The molecule has 1 aromatic carbocycles. The molecular formula is C6H9B2NO. The van der Waals surface area contributed by atoms with Crippen molar-refractivity contribution in [1.82, 2.24) is 0 Å². The first kappa shape index (κ1) is 7.06. The lowest BCUT2D eigenvalue weighted by atomic mass is 9.94. The maximum absolute atomic E-state index is 5.53. The largest absolute Gasteiger partial charge is 0.568 e. The van der Waals surface area contributed by atoms with E-state index < -0.39 is 0 Å². The van der Waals surface area contributed by atoms with Crippen molar-refractivity contribution in [2.75, 3.05) is 5.73 Å². The van der Waals surface area contributed by atoms with Crippen LogP contribution in [-0.2, 0) is 0 Å². The van der Waals surface area contributed by atoms with E-state index in [9.17, 15) is 0 Å². The van der Waals surface area contributed by atoms with Crippen LogP contribution in [0.5, 0.6) is 5.75 Å². The molecule has 1 aromatic rings. The van der Waals surface area contributed by atoms with Crippen LogP contribution in [-0.4, -0.2) is 15.9 Å². The SMILES string of the molecule is BOc1ccc(N)cc1B. The molecule has 0 aliphatic carbocycles. The van der Waals surface area contributed by atoms with Crippen LogP contribution < -0.4 is 15.9 Å². The van der Waals surface area contributed by atoms with E-state index >= 15 is 0 Å². The van der Waals surface area contributed by atoms with Crippen molar-refractivity contribution >= 4 is 27.0 Å². The molecule has 0 saturated carbocycles. The summed E-state index contributed by atoms with van der Waals surface area (Å²) >= 11 is 0. The van der Waals surface area contributed by atoms with E-state index in [-0.39, 0.29) is 0 Å². The molecule has 2 nitrogen and oxygen atoms in total. The van der Waals surface area contributed by atoms with E-state index in [1.54, 1.807) is 8.05 Å². The Hall–Kier alpha value is -1.05. The summed E-state index contributed by atoms with van der Waals surface area (Å²) in [5.41, 5.74) is 7.37. The highest BCUT2D eigenvalue weighted by atomic mass is 16.4. The minimum absolute atomic E-state index is 0.776. The lowest BCUT2D eigenvalue weighted by Gasteiger charge is -2.04. The summed E-state index contributed by atoms with van der Waals surface area (Å²) in [6.45, 7) is 0. The van der Waals surface area contributed by atoms with Gasteiger partial charge in [0.2, 0.25) is 0 Å². The maximum atomic E-state index is 5.53. The molecule has 0 atom stereocenters. The first-order valence-electron chi connectivity index (χ1n) is 3.14. The van der Waals surface area contributed by atoms with Crippen LogP contribution in [0.25, 0.3) is 0 Å². The van der Waals surface area contributed by atoms with Crippen molar-refractivity contribution < 1.29 is 4.65 Å². The number of nitrogens with two attached hydrogens (primary N) is 1. The molecule has 0 amide bonds. The maximum Gasteiger partial charge on any atom is 0.322 e. The van der Waals surface area contributed by atoms with Gasteiger partial charge in [0.1, 0.15) is 7.85 Å². The average Bonchev–Trinajstić information content (AvgIpc) is 1.88. The summed E-state index contributed by atoms with van der Waals surface area (Å²) in [7, 11) is 3.62. The summed E-state index contributed by atoms with van der Waals surface area (Å²) in [4.78, 5) is 0. The smallest absolute Gasteiger partial charge is 0.322 e. The highest BCUT2D eigenvalue weighted by Gasteiger charge is 1.94. The van der Waals surface area contributed by atoms with Gasteiger partial charge in [0.25, 0.3) is 0 Å². The van der Waals surface area contributed by atoms with Crippen molar-refractivity contribution in [3.05, 3.63) is 18.2 Å². The van der Waals surface area contributed by atoms with Gasteiger partial charge >= 0.3 is 8.05 Å². The highest BCUT2D eigenvalue weighted by Crippen LogP contribution is 2.07. The second kappa shape index (κ2) is 2.69. The van der Waals surface area contributed by atoms with Crippen molar-refractivity contribution in [2.24, 2.45) is 0 Å². The normalized spacial score (nSPS) is 9.20. The lowest BCUT2D eigenvalue weighted by Crippen LogP contribution is -2.08. The van der Waals surface area contributed by atoms with Crippen LogP contribution in [0, 0.1) is 0 Å². The molecule has 1 rings (SSSR count). The Balaban J connectivity index is 3.07. The number of hydrogen-bond acceptors (Lipinski definition) is 2. The summed E-state index contributed by atoms with van der Waals surface area (Å²) in [6, 6.07) is 5.58. The number of rotatable bonds is 1. The van der Waals surface area contributed by atoms with Crippen molar-refractivity contribution in [2.45, 2.75) is 0 Å². The van der Waals surface area contributed by atoms with Crippen LogP contribution >= 0.6 is 0 Å². The number of nitrogen functional groups attached to an aromatic ring is 1. The molecule has 0 fully saturated rings. The van der Waals surface area contributed by atoms with Gasteiger partial charge in [0, 0.05) is 5.69 Å². The molecule has 0 heterocycles. The number of benzene rings is 1. The monoisotopic (exact) mass is 133 g/mol. The van der Waals surface area contributed by atoms with Gasteiger partial charge in [-0.2, -0.15) is 0 Å². The second-order valence-corrected chi connectivity index (χ2v) is 2.23. The van der Waals surface area contributed by atoms with E-state index in [4.69, 9.17) is 10.4 Å². The highest BCUT2D eigenvalue weighted by molar-refractivity contribution is 6.34. The zero-order valence-corrected chi connectivity index (χ0v) is 6.22. The zero-order chi connectivity index (χ0) is 7.56. The Bertz CT molecular complexity index is 239. The Morgan fingerprint density at radius 1 is 1.40 bits per heavy atom. The second-order valence-electron chi connectivity index (χ2n) is 2.23. The summed E-state index contributed by atoms with van der Waals surface area (Å²) < 4.78 is 5.04. The van der Waals surface area contributed by atoms with Crippen LogP contribution in [0.4, 0.5) is 5.69 Å². The van der Waals surface area contributed by atoms with Crippen molar-refractivity contribution in [1.29, 1.82) is 0 Å². The molecule has 0 saturated heterocycles. The predicted molar refractivity (Wildman–Crippen MR) is 48.2 cm³/mol.